The first-order valence-electron chi connectivity index (χ1n) is 10.8. The Hall–Kier alpha value is -3.12. The van der Waals surface area contributed by atoms with Crippen LogP contribution in [0.4, 0.5) is 4.79 Å². The van der Waals surface area contributed by atoms with E-state index in [-0.39, 0.29) is 24.2 Å². The molecular weight excluding hydrogens is 390 g/mol. The van der Waals surface area contributed by atoms with E-state index in [1.165, 1.54) is 0 Å². The first-order valence-corrected chi connectivity index (χ1v) is 10.8. The fraction of sp³-hybridized carbons (Fsp3) is 0.360. The first-order chi connectivity index (χ1) is 15.0. The Morgan fingerprint density at radius 2 is 2.00 bits per heavy atom. The fourth-order valence-corrected chi connectivity index (χ4v) is 4.03. The van der Waals surface area contributed by atoms with E-state index in [0.717, 1.165) is 47.0 Å². The molecule has 1 atom stereocenters. The topological polar surface area (TPSA) is 74.4 Å². The number of carbonyl (C=O) groups is 1. The summed E-state index contributed by atoms with van der Waals surface area (Å²) in [5.74, 6) is 0. The number of fused-ring (bicyclic) bond motifs is 1. The third-order valence-corrected chi connectivity index (χ3v) is 6.01. The van der Waals surface area contributed by atoms with Crippen LogP contribution in [-0.4, -0.2) is 35.2 Å². The van der Waals surface area contributed by atoms with Crippen LogP contribution >= 0.6 is 0 Å². The van der Waals surface area contributed by atoms with Crippen molar-refractivity contribution in [3.63, 3.8) is 0 Å². The number of amides is 2. The second kappa shape index (κ2) is 9.35. The molecule has 2 amide bonds. The molecule has 0 radical (unpaired) electrons. The maximum atomic E-state index is 13.0. The molecule has 2 heterocycles. The number of carbonyl (C=O) groups excluding carboxylic acids is 1. The van der Waals surface area contributed by atoms with Gasteiger partial charge in [0.25, 0.3) is 5.56 Å². The fourth-order valence-electron chi connectivity index (χ4n) is 4.03. The van der Waals surface area contributed by atoms with Crippen molar-refractivity contribution in [3.05, 3.63) is 81.1 Å². The normalized spacial score (nSPS) is 15.9. The lowest BCUT2D eigenvalue weighted by Gasteiger charge is -2.26. The summed E-state index contributed by atoms with van der Waals surface area (Å²) in [6.07, 6.45) is 1.93. The number of aromatic nitrogens is 1. The zero-order valence-corrected chi connectivity index (χ0v) is 18.1. The molecule has 1 aliphatic rings. The molecule has 1 saturated heterocycles. The van der Waals surface area contributed by atoms with Crippen molar-refractivity contribution >= 4 is 16.9 Å². The minimum Gasteiger partial charge on any atom is -0.376 e. The Morgan fingerprint density at radius 3 is 2.74 bits per heavy atom. The maximum Gasteiger partial charge on any atom is 0.318 e. The van der Waals surface area contributed by atoms with Crippen LogP contribution in [0.1, 0.15) is 35.1 Å². The van der Waals surface area contributed by atoms with E-state index in [4.69, 9.17) is 4.74 Å². The number of nitrogens with zero attached hydrogens (tertiary/aromatic N) is 1. The Labute approximate surface area is 182 Å². The largest absolute Gasteiger partial charge is 0.376 e. The van der Waals surface area contributed by atoms with E-state index in [0.29, 0.717) is 18.7 Å². The summed E-state index contributed by atoms with van der Waals surface area (Å²) < 4.78 is 5.76. The van der Waals surface area contributed by atoms with Gasteiger partial charge in [-0.05, 0) is 54.8 Å². The van der Waals surface area contributed by atoms with Crippen LogP contribution in [0.5, 0.6) is 0 Å². The maximum absolute atomic E-state index is 13.0. The molecule has 2 N–H and O–H groups in total. The number of ether oxygens (including phenoxy) is 1. The average Bonchev–Trinajstić information content (AvgIpc) is 3.29. The van der Waals surface area contributed by atoms with Crippen LogP contribution in [0.2, 0.25) is 0 Å². The summed E-state index contributed by atoms with van der Waals surface area (Å²) in [7, 11) is 0. The standard InChI is InChI=1S/C25H29N3O3/c1-17-10-11-20-13-21(24(29)27-23(20)18(17)2)15-28(16-22-9-6-12-31-22)25(30)26-14-19-7-4-3-5-8-19/h3-5,7-8,10-11,13,22H,6,9,12,14-16H2,1-2H3,(H,26,30)(H,27,29)/t22-/m0/s1. The number of H-pyrrole nitrogens is 1. The molecule has 4 rings (SSSR count). The molecule has 6 heteroatoms. The Kier molecular flexibility index (Phi) is 6.37. The zero-order chi connectivity index (χ0) is 21.8. The summed E-state index contributed by atoms with van der Waals surface area (Å²) in [5.41, 5.74) is 4.50. The summed E-state index contributed by atoms with van der Waals surface area (Å²) in [4.78, 5) is 30.6. The van der Waals surface area contributed by atoms with Crippen LogP contribution in [0, 0.1) is 13.8 Å². The third-order valence-electron chi connectivity index (χ3n) is 6.01. The highest BCUT2D eigenvalue weighted by Gasteiger charge is 2.23. The lowest BCUT2D eigenvalue weighted by atomic mass is 10.0. The van der Waals surface area contributed by atoms with Crippen LogP contribution in [0.3, 0.4) is 0 Å². The van der Waals surface area contributed by atoms with E-state index >= 15 is 0 Å². The van der Waals surface area contributed by atoms with Crippen molar-refractivity contribution in [2.45, 2.75) is 45.9 Å². The quantitative estimate of drug-likeness (QED) is 0.633. The molecular formula is C25H29N3O3. The number of pyridine rings is 1. The SMILES string of the molecule is Cc1ccc2cc(CN(C[C@@H]3CCCO3)C(=O)NCc3ccccc3)c(=O)[nH]c2c1C. The number of hydrogen-bond donors (Lipinski definition) is 2. The second-order valence-corrected chi connectivity index (χ2v) is 8.26. The molecule has 0 unspecified atom stereocenters. The van der Waals surface area contributed by atoms with Crippen LogP contribution in [0.15, 0.2) is 53.3 Å². The van der Waals surface area contributed by atoms with E-state index in [1.54, 1.807) is 4.90 Å². The molecule has 1 fully saturated rings. The van der Waals surface area contributed by atoms with Gasteiger partial charge in [0.15, 0.2) is 0 Å². The van der Waals surface area contributed by atoms with Crippen molar-refractivity contribution in [2.24, 2.45) is 0 Å². The van der Waals surface area contributed by atoms with E-state index in [1.807, 2.05) is 56.3 Å². The molecule has 3 aromatic rings. The number of rotatable bonds is 6. The molecule has 6 nitrogen and oxygen atoms in total. The predicted molar refractivity (Wildman–Crippen MR) is 122 cm³/mol. The van der Waals surface area contributed by atoms with Gasteiger partial charge in [-0.3, -0.25) is 4.79 Å². The zero-order valence-electron chi connectivity index (χ0n) is 18.1. The van der Waals surface area contributed by atoms with Gasteiger partial charge in [0, 0.05) is 25.3 Å². The second-order valence-electron chi connectivity index (χ2n) is 8.26. The molecule has 31 heavy (non-hydrogen) atoms. The van der Waals surface area contributed by atoms with Gasteiger partial charge in [-0.1, -0.05) is 42.5 Å². The summed E-state index contributed by atoms with van der Waals surface area (Å²) in [6.45, 7) is 5.90. The third kappa shape index (κ3) is 4.97. The highest BCUT2D eigenvalue weighted by Crippen LogP contribution is 2.20. The van der Waals surface area contributed by atoms with Crippen LogP contribution in [0.25, 0.3) is 10.9 Å². The Bertz CT molecular complexity index is 1120. The Morgan fingerprint density at radius 1 is 1.19 bits per heavy atom. The lowest BCUT2D eigenvalue weighted by Crippen LogP contribution is -2.43. The van der Waals surface area contributed by atoms with Crippen molar-refractivity contribution in [3.8, 4) is 0 Å². The monoisotopic (exact) mass is 419 g/mol. The summed E-state index contributed by atoms with van der Waals surface area (Å²) >= 11 is 0. The van der Waals surface area contributed by atoms with Gasteiger partial charge in [-0.15, -0.1) is 0 Å². The number of nitrogens with one attached hydrogen (secondary N) is 2. The summed E-state index contributed by atoms with van der Waals surface area (Å²) in [5, 5.41) is 3.96. The number of hydrogen-bond acceptors (Lipinski definition) is 3. The van der Waals surface area contributed by atoms with Gasteiger partial charge in [0.2, 0.25) is 0 Å². The van der Waals surface area contributed by atoms with Crippen molar-refractivity contribution in [1.82, 2.24) is 15.2 Å². The van der Waals surface area contributed by atoms with Gasteiger partial charge < -0.3 is 19.9 Å². The van der Waals surface area contributed by atoms with Crippen LogP contribution < -0.4 is 10.9 Å². The number of aryl methyl sites for hydroxylation is 2. The smallest absolute Gasteiger partial charge is 0.318 e. The molecule has 1 aromatic heterocycles. The highest BCUT2D eigenvalue weighted by molar-refractivity contribution is 5.83. The van der Waals surface area contributed by atoms with Gasteiger partial charge >= 0.3 is 6.03 Å². The van der Waals surface area contributed by atoms with E-state index in [9.17, 15) is 9.59 Å². The molecule has 0 aliphatic carbocycles. The highest BCUT2D eigenvalue weighted by atomic mass is 16.5. The molecule has 162 valence electrons. The van der Waals surface area contributed by atoms with Crippen molar-refractivity contribution in [2.75, 3.05) is 13.2 Å². The minimum atomic E-state index is -0.195. The summed E-state index contributed by atoms with van der Waals surface area (Å²) in [6, 6.07) is 15.6. The number of urea groups is 1. The number of aromatic amines is 1. The van der Waals surface area contributed by atoms with Gasteiger partial charge in [0.05, 0.1) is 18.2 Å². The van der Waals surface area contributed by atoms with E-state index < -0.39 is 0 Å². The first kappa shape index (κ1) is 21.1. The predicted octanol–water partition coefficient (Wildman–Crippen LogP) is 4.04. The molecule has 0 bridgehead atoms. The van der Waals surface area contributed by atoms with Gasteiger partial charge in [-0.2, -0.15) is 0 Å². The number of benzene rings is 2. The molecule has 0 saturated carbocycles. The molecule has 1 aliphatic heterocycles. The average molecular weight is 420 g/mol. The van der Waals surface area contributed by atoms with Gasteiger partial charge in [-0.25, -0.2) is 4.79 Å². The minimum absolute atomic E-state index is 0.00640. The van der Waals surface area contributed by atoms with Gasteiger partial charge in [0.1, 0.15) is 0 Å². The lowest BCUT2D eigenvalue weighted by molar-refractivity contribution is 0.0793. The van der Waals surface area contributed by atoms with E-state index in [2.05, 4.69) is 16.4 Å². The van der Waals surface area contributed by atoms with Crippen molar-refractivity contribution < 1.29 is 9.53 Å². The molecule has 0 spiro atoms. The Balaban J connectivity index is 1.56. The van der Waals surface area contributed by atoms with Crippen LogP contribution in [-0.2, 0) is 17.8 Å². The van der Waals surface area contributed by atoms with Crippen molar-refractivity contribution in [1.29, 1.82) is 0 Å². The molecule has 2 aromatic carbocycles.